The Morgan fingerprint density at radius 1 is 1.16 bits per heavy atom. The van der Waals surface area contributed by atoms with Gasteiger partial charge in [0.05, 0.1) is 13.7 Å². The van der Waals surface area contributed by atoms with Gasteiger partial charge in [-0.3, -0.25) is 0 Å². The molecular formula is C19H26N4O2. The summed E-state index contributed by atoms with van der Waals surface area (Å²) in [6, 6.07) is 7.62. The van der Waals surface area contributed by atoms with Gasteiger partial charge in [0.15, 0.2) is 11.5 Å². The molecule has 6 nitrogen and oxygen atoms in total. The second-order valence-corrected chi connectivity index (χ2v) is 6.31. The lowest BCUT2D eigenvalue weighted by Crippen LogP contribution is -2.21. The van der Waals surface area contributed by atoms with Crippen molar-refractivity contribution in [3.63, 3.8) is 0 Å². The molecule has 1 saturated heterocycles. The summed E-state index contributed by atoms with van der Waals surface area (Å²) in [5, 5.41) is 0. The quantitative estimate of drug-likeness (QED) is 0.743. The maximum Gasteiger partial charge on any atom is 0.161 e. The number of methoxy groups -OCH3 is 1. The zero-order valence-electron chi connectivity index (χ0n) is 14.8. The van der Waals surface area contributed by atoms with Crippen LogP contribution in [0.4, 0.5) is 5.82 Å². The van der Waals surface area contributed by atoms with Crippen molar-refractivity contribution in [1.29, 1.82) is 0 Å². The van der Waals surface area contributed by atoms with Gasteiger partial charge < -0.3 is 20.1 Å². The Labute approximate surface area is 149 Å². The summed E-state index contributed by atoms with van der Waals surface area (Å²) in [4.78, 5) is 11.0. The van der Waals surface area contributed by atoms with E-state index < -0.39 is 0 Å². The molecule has 1 fully saturated rings. The molecule has 0 amide bonds. The molecule has 6 heteroatoms. The fourth-order valence-electron chi connectivity index (χ4n) is 3.10. The number of nitrogens with zero attached hydrogens (tertiary/aromatic N) is 3. The van der Waals surface area contributed by atoms with E-state index in [0.717, 1.165) is 30.0 Å². The van der Waals surface area contributed by atoms with Crippen LogP contribution in [0.5, 0.6) is 11.5 Å². The largest absolute Gasteiger partial charge is 0.493 e. The van der Waals surface area contributed by atoms with Gasteiger partial charge in [0, 0.05) is 19.2 Å². The number of anilines is 1. The summed E-state index contributed by atoms with van der Waals surface area (Å²) in [6.45, 7) is 4.22. The molecule has 0 spiro atoms. The number of hydrogen-bond donors (Lipinski definition) is 1. The van der Waals surface area contributed by atoms with Crippen molar-refractivity contribution in [2.24, 2.45) is 0 Å². The Morgan fingerprint density at radius 3 is 2.76 bits per heavy atom. The van der Waals surface area contributed by atoms with E-state index in [1.807, 2.05) is 18.2 Å². The van der Waals surface area contributed by atoms with Crippen LogP contribution in [0.25, 0.3) is 0 Å². The molecule has 25 heavy (non-hydrogen) atoms. The molecule has 3 rings (SSSR count). The molecule has 1 aliphatic rings. The molecule has 1 aliphatic heterocycles. The summed E-state index contributed by atoms with van der Waals surface area (Å²) >= 11 is 0. The molecule has 2 N–H and O–H groups in total. The molecule has 0 aliphatic carbocycles. The van der Waals surface area contributed by atoms with Crippen molar-refractivity contribution in [2.75, 3.05) is 39.1 Å². The van der Waals surface area contributed by atoms with Crippen LogP contribution in [-0.2, 0) is 6.42 Å². The number of hydrogen-bond acceptors (Lipinski definition) is 6. The van der Waals surface area contributed by atoms with Crippen LogP contribution in [0.1, 0.15) is 30.7 Å². The number of aromatic nitrogens is 2. The highest BCUT2D eigenvalue weighted by atomic mass is 16.5. The van der Waals surface area contributed by atoms with Gasteiger partial charge in [0.1, 0.15) is 11.6 Å². The summed E-state index contributed by atoms with van der Waals surface area (Å²) in [6.07, 6.45) is 5.95. The number of nitrogen functional groups attached to an aromatic ring is 1. The van der Waals surface area contributed by atoms with Crippen LogP contribution in [0.15, 0.2) is 30.5 Å². The van der Waals surface area contributed by atoms with Gasteiger partial charge in [-0.1, -0.05) is 6.07 Å². The van der Waals surface area contributed by atoms with E-state index in [-0.39, 0.29) is 0 Å². The summed E-state index contributed by atoms with van der Waals surface area (Å²) in [7, 11) is 1.66. The minimum absolute atomic E-state index is 0.483. The first-order valence-electron chi connectivity index (χ1n) is 8.84. The van der Waals surface area contributed by atoms with Gasteiger partial charge in [-0.25, -0.2) is 9.97 Å². The minimum atomic E-state index is 0.483. The van der Waals surface area contributed by atoms with Crippen molar-refractivity contribution >= 4 is 5.82 Å². The standard InChI is InChI=1S/C19H26N4O2/c1-24-16-6-5-15(14-19-21-8-7-18(20)22-19)13-17(16)25-12-4-11-23-9-2-3-10-23/h5-8,13H,2-4,9-12,14H2,1H3,(H2,20,21,22). The Balaban J connectivity index is 1.59. The highest BCUT2D eigenvalue weighted by molar-refractivity contribution is 5.43. The molecule has 0 saturated carbocycles. The lowest BCUT2D eigenvalue weighted by atomic mass is 10.1. The van der Waals surface area contributed by atoms with Crippen LogP contribution < -0.4 is 15.2 Å². The predicted octanol–water partition coefficient (Wildman–Crippen LogP) is 2.52. The van der Waals surface area contributed by atoms with E-state index in [9.17, 15) is 0 Å². The minimum Gasteiger partial charge on any atom is -0.493 e. The zero-order chi connectivity index (χ0) is 17.5. The van der Waals surface area contributed by atoms with E-state index in [4.69, 9.17) is 15.2 Å². The lowest BCUT2D eigenvalue weighted by molar-refractivity contribution is 0.254. The highest BCUT2D eigenvalue weighted by Crippen LogP contribution is 2.29. The van der Waals surface area contributed by atoms with Crippen molar-refractivity contribution in [3.8, 4) is 11.5 Å². The molecular weight excluding hydrogens is 316 g/mol. The van der Waals surface area contributed by atoms with Crippen molar-refractivity contribution in [3.05, 3.63) is 41.9 Å². The van der Waals surface area contributed by atoms with Gasteiger partial charge in [-0.15, -0.1) is 0 Å². The monoisotopic (exact) mass is 342 g/mol. The molecule has 1 aromatic carbocycles. The first kappa shape index (κ1) is 17.5. The predicted molar refractivity (Wildman–Crippen MR) is 98.0 cm³/mol. The van der Waals surface area contributed by atoms with E-state index in [1.165, 1.54) is 25.9 Å². The number of rotatable bonds is 8. The normalized spacial score (nSPS) is 14.6. The SMILES string of the molecule is COc1ccc(Cc2nccc(N)n2)cc1OCCCN1CCCC1. The Hall–Kier alpha value is -2.34. The highest BCUT2D eigenvalue weighted by Gasteiger charge is 2.11. The van der Waals surface area contributed by atoms with Crippen LogP contribution >= 0.6 is 0 Å². The second kappa shape index (κ2) is 8.67. The number of likely N-dealkylation sites (tertiary alicyclic amines) is 1. The first-order chi connectivity index (χ1) is 12.2. The van der Waals surface area contributed by atoms with E-state index >= 15 is 0 Å². The van der Waals surface area contributed by atoms with E-state index in [0.29, 0.717) is 24.7 Å². The third-order valence-corrected chi connectivity index (χ3v) is 4.39. The summed E-state index contributed by atoms with van der Waals surface area (Å²) < 4.78 is 11.4. The van der Waals surface area contributed by atoms with Gasteiger partial charge in [0.2, 0.25) is 0 Å². The van der Waals surface area contributed by atoms with Crippen LogP contribution in [0.2, 0.25) is 0 Å². The van der Waals surface area contributed by atoms with Crippen molar-refractivity contribution < 1.29 is 9.47 Å². The average Bonchev–Trinajstić information content (AvgIpc) is 3.12. The summed E-state index contributed by atoms with van der Waals surface area (Å²) in [5.74, 6) is 2.70. The fraction of sp³-hybridized carbons (Fsp3) is 0.474. The van der Waals surface area contributed by atoms with Crippen LogP contribution in [0.3, 0.4) is 0 Å². The van der Waals surface area contributed by atoms with Gasteiger partial charge in [-0.2, -0.15) is 0 Å². The molecule has 0 bridgehead atoms. The molecule has 134 valence electrons. The smallest absolute Gasteiger partial charge is 0.161 e. The summed E-state index contributed by atoms with van der Waals surface area (Å²) in [5.41, 5.74) is 6.79. The Morgan fingerprint density at radius 2 is 2.00 bits per heavy atom. The molecule has 2 heterocycles. The second-order valence-electron chi connectivity index (χ2n) is 6.31. The maximum absolute atomic E-state index is 5.97. The van der Waals surface area contributed by atoms with Gasteiger partial charge in [-0.05, 0) is 56.1 Å². The first-order valence-corrected chi connectivity index (χ1v) is 8.84. The maximum atomic E-state index is 5.97. The van der Waals surface area contributed by atoms with Gasteiger partial charge >= 0.3 is 0 Å². The Bertz CT molecular complexity index is 687. The number of ether oxygens (including phenoxy) is 2. The Kier molecular flexibility index (Phi) is 6.06. The molecule has 0 radical (unpaired) electrons. The fourth-order valence-corrected chi connectivity index (χ4v) is 3.10. The number of benzene rings is 1. The van der Waals surface area contributed by atoms with E-state index in [2.05, 4.69) is 14.9 Å². The molecule has 2 aromatic rings. The van der Waals surface area contributed by atoms with Crippen molar-refractivity contribution in [2.45, 2.75) is 25.7 Å². The molecule has 0 unspecified atom stereocenters. The lowest BCUT2D eigenvalue weighted by Gasteiger charge is -2.16. The average molecular weight is 342 g/mol. The number of nitrogens with two attached hydrogens (primary N) is 1. The van der Waals surface area contributed by atoms with Gasteiger partial charge in [0.25, 0.3) is 0 Å². The van der Waals surface area contributed by atoms with Crippen LogP contribution in [-0.4, -0.2) is 48.2 Å². The van der Waals surface area contributed by atoms with E-state index in [1.54, 1.807) is 19.4 Å². The topological polar surface area (TPSA) is 73.5 Å². The van der Waals surface area contributed by atoms with Crippen molar-refractivity contribution in [1.82, 2.24) is 14.9 Å². The third-order valence-electron chi connectivity index (χ3n) is 4.39. The zero-order valence-corrected chi connectivity index (χ0v) is 14.8. The molecule has 1 aromatic heterocycles. The molecule has 0 atom stereocenters. The van der Waals surface area contributed by atoms with Crippen LogP contribution in [0, 0.1) is 0 Å². The third kappa shape index (κ3) is 5.06.